The molecule has 0 unspecified atom stereocenters. The van der Waals surface area contributed by atoms with E-state index in [2.05, 4.69) is 25.5 Å². The van der Waals surface area contributed by atoms with Gasteiger partial charge in [-0.05, 0) is 32.1 Å². The van der Waals surface area contributed by atoms with Gasteiger partial charge in [0.1, 0.15) is 17.6 Å². The van der Waals surface area contributed by atoms with E-state index in [1.54, 1.807) is 0 Å². The third-order valence-corrected chi connectivity index (χ3v) is 7.44. The van der Waals surface area contributed by atoms with E-state index in [9.17, 15) is 14.4 Å². The normalized spacial score (nSPS) is 18.1. The summed E-state index contributed by atoms with van der Waals surface area (Å²) in [4.78, 5) is 48.6. The van der Waals surface area contributed by atoms with E-state index in [1.807, 2.05) is 6.92 Å². The zero-order valence-electron chi connectivity index (χ0n) is 18.6. The fourth-order valence-electron chi connectivity index (χ4n) is 4.48. The van der Waals surface area contributed by atoms with Gasteiger partial charge >= 0.3 is 0 Å². The van der Waals surface area contributed by atoms with Crippen LogP contribution in [-0.4, -0.2) is 52.0 Å². The zero-order chi connectivity index (χ0) is 22.5. The number of carbonyl (C=O) groups excluding carboxylic acids is 2. The Morgan fingerprint density at radius 3 is 2.62 bits per heavy atom. The Morgan fingerprint density at radius 2 is 1.91 bits per heavy atom. The van der Waals surface area contributed by atoms with Gasteiger partial charge in [0, 0.05) is 31.6 Å². The van der Waals surface area contributed by atoms with Gasteiger partial charge in [-0.15, -0.1) is 0 Å². The maximum absolute atomic E-state index is 12.9. The van der Waals surface area contributed by atoms with Gasteiger partial charge in [0.25, 0.3) is 5.56 Å². The summed E-state index contributed by atoms with van der Waals surface area (Å²) in [7, 11) is 0. The van der Waals surface area contributed by atoms with E-state index in [0.717, 1.165) is 63.2 Å². The van der Waals surface area contributed by atoms with Gasteiger partial charge in [-0.2, -0.15) is 4.98 Å². The molecule has 2 fully saturated rings. The number of amides is 2. The number of piperidine rings is 1. The molecule has 3 heterocycles. The largest absolute Gasteiger partial charge is 0.356 e. The van der Waals surface area contributed by atoms with Crippen molar-refractivity contribution in [2.75, 3.05) is 24.5 Å². The average Bonchev–Trinajstić information content (AvgIpc) is 3.25. The minimum absolute atomic E-state index is 0.0240. The van der Waals surface area contributed by atoms with Crippen molar-refractivity contribution >= 4 is 38.6 Å². The number of carbonyl (C=O) groups is 2. The molecule has 10 heteroatoms. The van der Waals surface area contributed by atoms with Crippen molar-refractivity contribution in [3.05, 3.63) is 16.7 Å². The van der Waals surface area contributed by atoms with Crippen LogP contribution in [0, 0.1) is 5.92 Å². The molecule has 9 nitrogen and oxygen atoms in total. The lowest BCUT2D eigenvalue weighted by molar-refractivity contribution is -0.125. The quantitative estimate of drug-likeness (QED) is 0.655. The fourth-order valence-corrected chi connectivity index (χ4v) is 5.50. The van der Waals surface area contributed by atoms with Crippen molar-refractivity contribution in [3.63, 3.8) is 0 Å². The molecule has 2 N–H and O–H groups in total. The predicted molar refractivity (Wildman–Crippen MR) is 125 cm³/mol. The SMILES string of the molecule is CCCNC(=O)C1CCN(c2nc3ncn(CC(=O)NC4CCCCC4)c(=O)c3s2)CC1. The third-order valence-electron chi connectivity index (χ3n) is 6.34. The van der Waals surface area contributed by atoms with Crippen molar-refractivity contribution in [2.45, 2.75) is 70.9 Å². The van der Waals surface area contributed by atoms with Crippen LogP contribution in [0.1, 0.15) is 58.3 Å². The number of aromatic nitrogens is 3. The van der Waals surface area contributed by atoms with E-state index in [0.29, 0.717) is 16.9 Å². The highest BCUT2D eigenvalue weighted by Gasteiger charge is 2.27. The molecule has 1 saturated heterocycles. The first-order valence-electron chi connectivity index (χ1n) is 11.7. The first-order chi connectivity index (χ1) is 15.5. The van der Waals surface area contributed by atoms with Gasteiger partial charge in [0.05, 0.1) is 0 Å². The molecule has 174 valence electrons. The lowest BCUT2D eigenvalue weighted by Crippen LogP contribution is -2.40. The second-order valence-electron chi connectivity index (χ2n) is 8.78. The predicted octanol–water partition coefficient (Wildman–Crippen LogP) is 2.04. The Hall–Kier alpha value is -2.49. The average molecular weight is 461 g/mol. The summed E-state index contributed by atoms with van der Waals surface area (Å²) in [5.41, 5.74) is 0.188. The summed E-state index contributed by atoms with van der Waals surface area (Å²) < 4.78 is 1.84. The Balaban J connectivity index is 1.39. The van der Waals surface area contributed by atoms with Crippen LogP contribution in [-0.2, 0) is 16.1 Å². The fraction of sp³-hybridized carbons (Fsp3) is 0.682. The van der Waals surface area contributed by atoms with Crippen LogP contribution in [0.25, 0.3) is 10.3 Å². The van der Waals surface area contributed by atoms with Gasteiger partial charge in [0.15, 0.2) is 10.8 Å². The summed E-state index contributed by atoms with van der Waals surface area (Å²) in [5, 5.41) is 6.77. The molecule has 1 aliphatic carbocycles. The molecular weight excluding hydrogens is 428 g/mol. The van der Waals surface area contributed by atoms with Crippen LogP contribution in [0.4, 0.5) is 5.13 Å². The minimum atomic E-state index is -0.230. The summed E-state index contributed by atoms with van der Waals surface area (Å²) in [5.74, 6) is 0.0189. The Bertz CT molecular complexity index is 1000. The van der Waals surface area contributed by atoms with Gasteiger partial charge in [-0.3, -0.25) is 19.0 Å². The molecular formula is C22H32N6O3S. The van der Waals surface area contributed by atoms with Crippen LogP contribution in [0.3, 0.4) is 0 Å². The third kappa shape index (κ3) is 5.28. The first kappa shape index (κ1) is 22.7. The topological polar surface area (TPSA) is 109 Å². The maximum Gasteiger partial charge on any atom is 0.273 e. The molecule has 2 aliphatic rings. The molecule has 0 spiro atoms. The van der Waals surface area contributed by atoms with Crippen LogP contribution in [0.2, 0.25) is 0 Å². The number of fused-ring (bicyclic) bond motifs is 1. The molecule has 0 aromatic carbocycles. The molecule has 2 amide bonds. The number of hydrogen-bond acceptors (Lipinski definition) is 7. The molecule has 1 aliphatic heterocycles. The van der Waals surface area contributed by atoms with Crippen LogP contribution < -0.4 is 21.1 Å². The summed E-state index contributed by atoms with van der Waals surface area (Å²) in [6.45, 7) is 4.18. The highest BCUT2D eigenvalue weighted by molar-refractivity contribution is 7.22. The lowest BCUT2D eigenvalue weighted by Gasteiger charge is -2.30. The molecule has 0 radical (unpaired) electrons. The van der Waals surface area contributed by atoms with E-state index in [1.165, 1.54) is 28.7 Å². The van der Waals surface area contributed by atoms with Gasteiger partial charge in [-0.25, -0.2) is 4.98 Å². The van der Waals surface area contributed by atoms with Crippen molar-refractivity contribution in [1.29, 1.82) is 0 Å². The van der Waals surface area contributed by atoms with E-state index in [-0.39, 0.29) is 35.9 Å². The molecule has 32 heavy (non-hydrogen) atoms. The highest BCUT2D eigenvalue weighted by Crippen LogP contribution is 2.29. The second kappa shape index (κ2) is 10.4. The number of rotatable bonds is 7. The first-order valence-corrected chi connectivity index (χ1v) is 12.5. The zero-order valence-corrected chi connectivity index (χ0v) is 19.5. The monoisotopic (exact) mass is 460 g/mol. The number of nitrogens with zero attached hydrogens (tertiary/aromatic N) is 4. The van der Waals surface area contributed by atoms with Gasteiger partial charge < -0.3 is 15.5 Å². The Labute approximate surface area is 191 Å². The number of nitrogens with one attached hydrogen (secondary N) is 2. The van der Waals surface area contributed by atoms with E-state index >= 15 is 0 Å². The van der Waals surface area contributed by atoms with E-state index < -0.39 is 0 Å². The highest BCUT2D eigenvalue weighted by atomic mass is 32.1. The van der Waals surface area contributed by atoms with Crippen LogP contribution in [0.15, 0.2) is 11.1 Å². The standard InChI is InChI=1S/C22H32N6O3S/c1-2-10-23-20(30)15-8-11-27(12-9-15)22-26-19-18(32-22)21(31)28(14-24-19)13-17(29)25-16-6-4-3-5-7-16/h14-16H,2-13H2,1H3,(H,23,30)(H,25,29). The molecule has 2 aromatic rings. The van der Waals surface area contributed by atoms with Crippen LogP contribution >= 0.6 is 11.3 Å². The number of anilines is 1. The molecule has 4 rings (SSSR count). The molecule has 0 bridgehead atoms. The minimum Gasteiger partial charge on any atom is -0.356 e. The van der Waals surface area contributed by atoms with Gasteiger partial charge in [-0.1, -0.05) is 37.5 Å². The maximum atomic E-state index is 12.9. The second-order valence-corrected chi connectivity index (χ2v) is 9.76. The summed E-state index contributed by atoms with van der Waals surface area (Å²) in [6, 6.07) is 0.214. The smallest absolute Gasteiger partial charge is 0.273 e. The molecule has 2 aromatic heterocycles. The Kier molecular flexibility index (Phi) is 7.39. The summed E-state index contributed by atoms with van der Waals surface area (Å²) in [6.07, 6.45) is 9.41. The Morgan fingerprint density at radius 1 is 1.16 bits per heavy atom. The molecule has 1 saturated carbocycles. The number of thiazole rings is 1. The molecule has 0 atom stereocenters. The van der Waals surface area contributed by atoms with Gasteiger partial charge in [0.2, 0.25) is 11.8 Å². The van der Waals surface area contributed by atoms with Crippen molar-refractivity contribution in [2.24, 2.45) is 5.92 Å². The lowest BCUT2D eigenvalue weighted by atomic mass is 9.95. The van der Waals surface area contributed by atoms with E-state index in [4.69, 9.17) is 0 Å². The summed E-state index contributed by atoms with van der Waals surface area (Å²) >= 11 is 1.32. The van der Waals surface area contributed by atoms with Crippen molar-refractivity contribution in [1.82, 2.24) is 25.2 Å². The van der Waals surface area contributed by atoms with Crippen molar-refractivity contribution < 1.29 is 9.59 Å². The van der Waals surface area contributed by atoms with Crippen molar-refractivity contribution in [3.8, 4) is 0 Å². The number of hydrogen-bond donors (Lipinski definition) is 2. The van der Waals surface area contributed by atoms with Crippen LogP contribution in [0.5, 0.6) is 0 Å².